The maximum Gasteiger partial charge on any atom is 0.328 e. The SMILES string of the molecule is O=C(O)[C@H](C1CCCCC1)n1cc(-c2cccs2)nn1. The monoisotopic (exact) mass is 291 g/mol. The molecule has 2 aromatic rings. The number of nitrogens with zero attached hydrogens (tertiary/aromatic N) is 3. The van der Waals surface area contributed by atoms with Crippen LogP contribution in [0.1, 0.15) is 38.1 Å². The van der Waals surface area contributed by atoms with Crippen molar-refractivity contribution in [3.8, 4) is 10.6 Å². The molecule has 1 N–H and O–H groups in total. The van der Waals surface area contributed by atoms with Crippen molar-refractivity contribution in [3.63, 3.8) is 0 Å². The van der Waals surface area contributed by atoms with Gasteiger partial charge in [-0.3, -0.25) is 0 Å². The molecule has 0 aromatic carbocycles. The Morgan fingerprint density at radius 1 is 1.40 bits per heavy atom. The van der Waals surface area contributed by atoms with Crippen molar-refractivity contribution in [3.05, 3.63) is 23.7 Å². The van der Waals surface area contributed by atoms with Crippen LogP contribution in [0, 0.1) is 5.92 Å². The Labute approximate surface area is 121 Å². The zero-order chi connectivity index (χ0) is 13.9. The van der Waals surface area contributed by atoms with Crippen molar-refractivity contribution < 1.29 is 9.90 Å². The Morgan fingerprint density at radius 3 is 2.85 bits per heavy atom. The van der Waals surface area contributed by atoms with E-state index in [1.807, 2.05) is 17.5 Å². The van der Waals surface area contributed by atoms with E-state index in [2.05, 4.69) is 10.3 Å². The predicted octanol–water partition coefficient (Wildman–Crippen LogP) is 3.21. The third kappa shape index (κ3) is 2.60. The van der Waals surface area contributed by atoms with Crippen LogP contribution in [0.4, 0.5) is 0 Å². The minimum absolute atomic E-state index is 0.166. The minimum Gasteiger partial charge on any atom is -0.480 e. The highest BCUT2D eigenvalue weighted by Crippen LogP contribution is 2.33. The van der Waals surface area contributed by atoms with Gasteiger partial charge in [0.2, 0.25) is 0 Å². The first-order valence-electron chi connectivity index (χ1n) is 6.94. The molecule has 0 spiro atoms. The molecule has 106 valence electrons. The summed E-state index contributed by atoms with van der Waals surface area (Å²) in [5, 5.41) is 19.7. The van der Waals surface area contributed by atoms with E-state index >= 15 is 0 Å². The number of aromatic nitrogens is 3. The lowest BCUT2D eigenvalue weighted by molar-refractivity contribution is -0.143. The normalized spacial score (nSPS) is 18.0. The van der Waals surface area contributed by atoms with Gasteiger partial charge in [0.25, 0.3) is 0 Å². The lowest BCUT2D eigenvalue weighted by atomic mass is 9.84. The number of aliphatic carboxylic acids is 1. The number of carboxylic acid groups (broad SMARTS) is 1. The van der Waals surface area contributed by atoms with Crippen molar-refractivity contribution in [1.29, 1.82) is 0 Å². The van der Waals surface area contributed by atoms with Crippen LogP contribution in [-0.2, 0) is 4.79 Å². The van der Waals surface area contributed by atoms with Crippen molar-refractivity contribution in [1.82, 2.24) is 15.0 Å². The second-order valence-corrected chi connectivity index (χ2v) is 6.19. The third-order valence-electron chi connectivity index (χ3n) is 3.92. The molecule has 1 aliphatic carbocycles. The first kappa shape index (κ1) is 13.3. The molecule has 1 aliphatic rings. The van der Waals surface area contributed by atoms with Gasteiger partial charge in [0.05, 0.1) is 11.1 Å². The van der Waals surface area contributed by atoms with E-state index in [-0.39, 0.29) is 5.92 Å². The average molecular weight is 291 g/mol. The number of rotatable bonds is 4. The fourth-order valence-corrected chi connectivity index (χ4v) is 3.61. The van der Waals surface area contributed by atoms with E-state index in [9.17, 15) is 9.90 Å². The van der Waals surface area contributed by atoms with Gasteiger partial charge in [-0.15, -0.1) is 16.4 Å². The van der Waals surface area contributed by atoms with Gasteiger partial charge < -0.3 is 5.11 Å². The van der Waals surface area contributed by atoms with Gasteiger partial charge in [0.1, 0.15) is 5.69 Å². The molecule has 20 heavy (non-hydrogen) atoms. The summed E-state index contributed by atoms with van der Waals surface area (Å²) in [5.41, 5.74) is 0.752. The lowest BCUT2D eigenvalue weighted by Gasteiger charge is -2.27. The van der Waals surface area contributed by atoms with Crippen LogP contribution in [0.3, 0.4) is 0 Å². The molecule has 3 rings (SSSR count). The smallest absolute Gasteiger partial charge is 0.328 e. The molecule has 2 aromatic heterocycles. The zero-order valence-corrected chi connectivity index (χ0v) is 11.9. The van der Waals surface area contributed by atoms with E-state index in [4.69, 9.17) is 0 Å². The maximum absolute atomic E-state index is 11.6. The first-order chi connectivity index (χ1) is 9.75. The summed E-state index contributed by atoms with van der Waals surface area (Å²) < 4.78 is 1.54. The second kappa shape index (κ2) is 5.75. The molecule has 6 heteroatoms. The van der Waals surface area contributed by atoms with Crippen molar-refractivity contribution in [2.75, 3.05) is 0 Å². The van der Waals surface area contributed by atoms with E-state index in [1.165, 1.54) is 11.1 Å². The molecule has 0 aliphatic heterocycles. The maximum atomic E-state index is 11.6. The Hall–Kier alpha value is -1.69. The van der Waals surface area contributed by atoms with Gasteiger partial charge in [-0.05, 0) is 30.2 Å². The van der Waals surface area contributed by atoms with Gasteiger partial charge in [0, 0.05) is 0 Å². The molecular weight excluding hydrogens is 274 g/mol. The molecule has 0 amide bonds. The van der Waals surface area contributed by atoms with Gasteiger partial charge >= 0.3 is 5.97 Å². The Balaban J connectivity index is 1.86. The van der Waals surface area contributed by atoms with Crippen molar-refractivity contribution in [2.45, 2.75) is 38.1 Å². The molecule has 0 saturated heterocycles. The molecular formula is C14H17N3O2S. The fourth-order valence-electron chi connectivity index (χ4n) is 2.93. The van der Waals surface area contributed by atoms with Crippen LogP contribution in [-0.4, -0.2) is 26.1 Å². The quantitative estimate of drug-likeness (QED) is 0.939. The van der Waals surface area contributed by atoms with E-state index in [1.54, 1.807) is 17.5 Å². The summed E-state index contributed by atoms with van der Waals surface area (Å²) in [4.78, 5) is 12.6. The third-order valence-corrected chi connectivity index (χ3v) is 4.81. The Bertz CT molecular complexity index is 573. The van der Waals surface area contributed by atoms with Crippen LogP contribution in [0.5, 0.6) is 0 Å². The number of carbonyl (C=O) groups is 1. The predicted molar refractivity (Wildman–Crippen MR) is 76.6 cm³/mol. The Kier molecular flexibility index (Phi) is 3.82. The molecule has 1 atom stereocenters. The summed E-state index contributed by atoms with van der Waals surface area (Å²) in [6, 6.07) is 3.33. The summed E-state index contributed by atoms with van der Waals surface area (Å²) in [6.07, 6.45) is 7.12. The molecule has 5 nitrogen and oxygen atoms in total. The second-order valence-electron chi connectivity index (χ2n) is 5.24. The molecule has 0 unspecified atom stereocenters. The molecule has 2 heterocycles. The van der Waals surface area contributed by atoms with Gasteiger partial charge in [-0.2, -0.15) is 0 Å². The zero-order valence-electron chi connectivity index (χ0n) is 11.1. The van der Waals surface area contributed by atoms with Crippen LogP contribution < -0.4 is 0 Å². The van der Waals surface area contributed by atoms with Gasteiger partial charge in [-0.1, -0.05) is 30.5 Å². The number of carboxylic acids is 1. The van der Waals surface area contributed by atoms with Gasteiger partial charge in [0.15, 0.2) is 6.04 Å². The topological polar surface area (TPSA) is 68.0 Å². The van der Waals surface area contributed by atoms with Crippen LogP contribution in [0.15, 0.2) is 23.7 Å². The summed E-state index contributed by atoms with van der Waals surface area (Å²) in [5.74, 6) is -0.640. The average Bonchev–Trinajstić information content (AvgIpc) is 3.10. The highest BCUT2D eigenvalue weighted by molar-refractivity contribution is 7.13. The first-order valence-corrected chi connectivity index (χ1v) is 7.82. The largest absolute Gasteiger partial charge is 0.480 e. The highest BCUT2D eigenvalue weighted by atomic mass is 32.1. The molecule has 0 bridgehead atoms. The molecule has 1 fully saturated rings. The number of thiophene rings is 1. The summed E-state index contributed by atoms with van der Waals surface area (Å²) in [7, 11) is 0. The highest BCUT2D eigenvalue weighted by Gasteiger charge is 2.32. The molecule has 1 saturated carbocycles. The molecule has 0 radical (unpaired) electrons. The van der Waals surface area contributed by atoms with Gasteiger partial charge in [-0.25, -0.2) is 9.48 Å². The van der Waals surface area contributed by atoms with Crippen LogP contribution >= 0.6 is 11.3 Å². The van der Waals surface area contributed by atoms with E-state index < -0.39 is 12.0 Å². The van der Waals surface area contributed by atoms with Crippen LogP contribution in [0.25, 0.3) is 10.6 Å². The Morgan fingerprint density at radius 2 is 2.20 bits per heavy atom. The van der Waals surface area contributed by atoms with Crippen molar-refractivity contribution >= 4 is 17.3 Å². The fraction of sp³-hybridized carbons (Fsp3) is 0.500. The van der Waals surface area contributed by atoms with Crippen molar-refractivity contribution in [2.24, 2.45) is 5.92 Å². The van der Waals surface area contributed by atoms with E-state index in [0.29, 0.717) is 0 Å². The number of hydrogen-bond donors (Lipinski definition) is 1. The minimum atomic E-state index is -0.806. The van der Waals surface area contributed by atoms with Crippen LogP contribution in [0.2, 0.25) is 0 Å². The van der Waals surface area contributed by atoms with E-state index in [0.717, 1.165) is 36.3 Å². The summed E-state index contributed by atoms with van der Waals surface area (Å²) in [6.45, 7) is 0. The standard InChI is InChI=1S/C14H17N3O2S/c18-14(19)13(10-5-2-1-3-6-10)17-9-11(15-16-17)12-7-4-8-20-12/h4,7-10,13H,1-3,5-6H2,(H,18,19)/t13-/m0/s1. The lowest BCUT2D eigenvalue weighted by Crippen LogP contribution is -2.29. The summed E-state index contributed by atoms with van der Waals surface area (Å²) >= 11 is 1.58. The number of hydrogen-bond acceptors (Lipinski definition) is 4.